The first-order valence-electron chi connectivity index (χ1n) is 8.59. The molecule has 0 aromatic heterocycles. The molecule has 0 radical (unpaired) electrons. The Hall–Kier alpha value is -0.510. The number of nitrogens with one attached hydrogen (secondary N) is 2. The van der Waals surface area contributed by atoms with Crippen LogP contribution in [0, 0.1) is 5.92 Å². The molecule has 2 aromatic rings. The minimum atomic E-state index is -4.32. The van der Waals surface area contributed by atoms with Gasteiger partial charge in [0.2, 0.25) is 5.91 Å². The van der Waals surface area contributed by atoms with Crippen molar-refractivity contribution in [2.24, 2.45) is 5.92 Å². The number of carbonyl (C=O) groups is 1. The fourth-order valence-corrected chi connectivity index (χ4v) is 5.63. The molecule has 2 unspecified atom stereocenters. The SMILES string of the molecule is O=C(Nc1ccc(Cl)c(CNCC(F)(F)F)c1)C1C(c2cc(Cl)cc(Cl)c2)C1(Br)Br. The normalized spacial score (nSPS) is 20.1. The molecule has 0 saturated heterocycles. The third kappa shape index (κ3) is 5.84. The minimum absolute atomic E-state index is 0.0874. The summed E-state index contributed by atoms with van der Waals surface area (Å²) in [6.45, 7) is -1.22. The lowest BCUT2D eigenvalue weighted by atomic mass is 10.1. The van der Waals surface area contributed by atoms with Gasteiger partial charge in [0.1, 0.15) is 3.23 Å². The first-order chi connectivity index (χ1) is 13.9. The zero-order chi connectivity index (χ0) is 22.3. The van der Waals surface area contributed by atoms with Gasteiger partial charge >= 0.3 is 6.18 Å². The van der Waals surface area contributed by atoms with Crippen LogP contribution in [0.5, 0.6) is 0 Å². The van der Waals surface area contributed by atoms with Gasteiger partial charge in [0.25, 0.3) is 0 Å². The third-order valence-corrected chi connectivity index (χ3v) is 7.31. The predicted molar refractivity (Wildman–Crippen MR) is 121 cm³/mol. The van der Waals surface area contributed by atoms with E-state index in [1.54, 1.807) is 30.3 Å². The molecule has 0 heterocycles. The summed E-state index contributed by atoms with van der Waals surface area (Å²) in [7, 11) is 0. The van der Waals surface area contributed by atoms with Crippen LogP contribution in [0.15, 0.2) is 36.4 Å². The van der Waals surface area contributed by atoms with Gasteiger partial charge in [-0.25, -0.2) is 0 Å². The van der Waals surface area contributed by atoms with Crippen LogP contribution in [0.25, 0.3) is 0 Å². The standard InChI is InChI=1S/C19H14Br2Cl3F3N2O/c20-19(21)15(9-3-11(22)6-12(23)4-9)16(19)17(30)29-13-1-2-14(24)10(5-13)7-28-8-18(25,26)27/h1-6,15-16,28H,7-8H2,(H,29,30). The van der Waals surface area contributed by atoms with Gasteiger partial charge in [0, 0.05) is 33.2 Å². The molecule has 1 saturated carbocycles. The Balaban J connectivity index is 1.70. The van der Waals surface area contributed by atoms with Gasteiger partial charge in [-0.2, -0.15) is 13.2 Å². The Morgan fingerprint density at radius 1 is 1.07 bits per heavy atom. The van der Waals surface area contributed by atoms with Gasteiger partial charge in [-0.3, -0.25) is 4.79 Å². The maximum atomic E-state index is 12.9. The largest absolute Gasteiger partial charge is 0.401 e. The van der Waals surface area contributed by atoms with Crippen molar-refractivity contribution in [1.82, 2.24) is 5.32 Å². The predicted octanol–water partition coefficient (Wildman–Crippen LogP) is 7.14. The van der Waals surface area contributed by atoms with Gasteiger partial charge in [0.05, 0.1) is 12.5 Å². The summed E-state index contributed by atoms with van der Waals surface area (Å²) in [5.41, 5.74) is 1.67. The second-order valence-corrected chi connectivity index (χ2v) is 11.8. The quantitative estimate of drug-likeness (QED) is 0.342. The van der Waals surface area contributed by atoms with Crippen LogP contribution in [0.4, 0.5) is 18.9 Å². The van der Waals surface area contributed by atoms with Crippen LogP contribution >= 0.6 is 66.7 Å². The van der Waals surface area contributed by atoms with Crippen molar-refractivity contribution in [3.8, 4) is 0 Å². The van der Waals surface area contributed by atoms with E-state index >= 15 is 0 Å². The summed E-state index contributed by atoms with van der Waals surface area (Å²) in [4.78, 5) is 12.9. The number of anilines is 1. The van der Waals surface area contributed by atoms with Crippen molar-refractivity contribution < 1.29 is 18.0 Å². The van der Waals surface area contributed by atoms with Crippen LogP contribution in [0.3, 0.4) is 0 Å². The van der Waals surface area contributed by atoms with Crippen molar-refractivity contribution in [1.29, 1.82) is 0 Å². The molecule has 11 heteroatoms. The molecule has 0 bridgehead atoms. The molecule has 2 N–H and O–H groups in total. The van der Waals surface area contributed by atoms with E-state index in [2.05, 4.69) is 42.5 Å². The highest BCUT2D eigenvalue weighted by Gasteiger charge is 2.66. The van der Waals surface area contributed by atoms with Gasteiger partial charge in [-0.15, -0.1) is 0 Å². The summed E-state index contributed by atoms with van der Waals surface area (Å²) >= 11 is 25.3. The molecule has 162 valence electrons. The van der Waals surface area contributed by atoms with Crippen LogP contribution in [0.2, 0.25) is 15.1 Å². The zero-order valence-corrected chi connectivity index (χ0v) is 20.4. The van der Waals surface area contributed by atoms with E-state index in [4.69, 9.17) is 34.8 Å². The van der Waals surface area contributed by atoms with Crippen molar-refractivity contribution in [3.05, 3.63) is 62.6 Å². The molecule has 0 aliphatic heterocycles. The van der Waals surface area contributed by atoms with Crippen LogP contribution in [-0.4, -0.2) is 21.9 Å². The second kappa shape index (κ2) is 9.16. The topological polar surface area (TPSA) is 41.1 Å². The average Bonchev–Trinajstić information content (AvgIpc) is 3.18. The number of amides is 1. The second-order valence-electron chi connectivity index (χ2n) is 6.85. The van der Waals surface area contributed by atoms with Gasteiger partial charge < -0.3 is 10.6 Å². The lowest BCUT2D eigenvalue weighted by Crippen LogP contribution is -2.28. The summed E-state index contributed by atoms with van der Waals surface area (Å²) in [6, 6.07) is 9.76. The molecule has 1 aliphatic carbocycles. The van der Waals surface area contributed by atoms with E-state index in [0.717, 1.165) is 5.56 Å². The number of benzene rings is 2. The van der Waals surface area contributed by atoms with E-state index in [1.807, 2.05) is 0 Å². The van der Waals surface area contributed by atoms with E-state index < -0.39 is 21.9 Å². The Labute approximate surface area is 202 Å². The van der Waals surface area contributed by atoms with Crippen molar-refractivity contribution in [2.75, 3.05) is 11.9 Å². The Morgan fingerprint density at radius 2 is 1.70 bits per heavy atom. The summed E-state index contributed by atoms with van der Waals surface area (Å²) in [5.74, 6) is -0.954. The average molecular weight is 609 g/mol. The molecule has 30 heavy (non-hydrogen) atoms. The highest BCUT2D eigenvalue weighted by atomic mass is 79.9. The molecule has 2 aromatic carbocycles. The fourth-order valence-electron chi connectivity index (χ4n) is 3.17. The first-order valence-corrected chi connectivity index (χ1v) is 11.3. The van der Waals surface area contributed by atoms with Gasteiger partial charge in [-0.05, 0) is 47.5 Å². The van der Waals surface area contributed by atoms with Gasteiger partial charge in [0.15, 0.2) is 0 Å². The maximum absolute atomic E-state index is 12.9. The number of hydrogen-bond acceptors (Lipinski definition) is 2. The van der Waals surface area contributed by atoms with E-state index in [-0.39, 0.29) is 18.4 Å². The molecule has 0 spiro atoms. The van der Waals surface area contributed by atoms with Crippen LogP contribution in [0.1, 0.15) is 17.0 Å². The molecule has 3 rings (SSSR count). The zero-order valence-electron chi connectivity index (χ0n) is 15.0. The molecule has 3 nitrogen and oxygen atoms in total. The summed E-state index contributed by atoms with van der Waals surface area (Å²) in [5, 5.41) is 6.31. The lowest BCUT2D eigenvalue weighted by Gasteiger charge is -2.12. The smallest absolute Gasteiger partial charge is 0.326 e. The van der Waals surface area contributed by atoms with Crippen LogP contribution < -0.4 is 10.6 Å². The number of rotatable bonds is 6. The van der Waals surface area contributed by atoms with E-state index in [0.29, 0.717) is 26.3 Å². The number of hydrogen-bond donors (Lipinski definition) is 2. The highest BCUT2D eigenvalue weighted by molar-refractivity contribution is 9.25. The van der Waals surface area contributed by atoms with Crippen LogP contribution in [-0.2, 0) is 11.3 Å². The van der Waals surface area contributed by atoms with Gasteiger partial charge in [-0.1, -0.05) is 66.7 Å². The fraction of sp³-hybridized carbons (Fsp3) is 0.316. The maximum Gasteiger partial charge on any atom is 0.401 e. The Morgan fingerprint density at radius 3 is 2.30 bits per heavy atom. The Bertz CT molecular complexity index is 952. The van der Waals surface area contributed by atoms with Crippen molar-refractivity contribution in [2.45, 2.75) is 21.9 Å². The monoisotopic (exact) mass is 606 g/mol. The summed E-state index contributed by atoms with van der Waals surface area (Å²) in [6.07, 6.45) is -4.32. The van der Waals surface area contributed by atoms with Crippen molar-refractivity contribution >= 4 is 78.3 Å². The molecular formula is C19H14Br2Cl3F3N2O. The lowest BCUT2D eigenvalue weighted by molar-refractivity contribution is -0.125. The molecular weight excluding hydrogens is 595 g/mol. The number of halogens is 8. The molecule has 1 fully saturated rings. The number of carbonyl (C=O) groups excluding carboxylic acids is 1. The molecule has 1 amide bonds. The van der Waals surface area contributed by atoms with E-state index in [9.17, 15) is 18.0 Å². The summed E-state index contributed by atoms with van der Waals surface area (Å²) < 4.78 is 36.3. The highest BCUT2D eigenvalue weighted by Crippen LogP contribution is 2.67. The number of alkyl halides is 5. The minimum Gasteiger partial charge on any atom is -0.326 e. The first kappa shape index (κ1) is 24.1. The van der Waals surface area contributed by atoms with Crippen molar-refractivity contribution in [3.63, 3.8) is 0 Å². The molecule has 2 atom stereocenters. The molecule has 1 aliphatic rings. The third-order valence-electron chi connectivity index (χ3n) is 4.53. The Kier molecular flexibility index (Phi) is 7.37. The van der Waals surface area contributed by atoms with E-state index in [1.165, 1.54) is 6.07 Å².